The molecule has 1 atom stereocenters. The molecule has 0 saturated carbocycles. The Morgan fingerprint density at radius 3 is 2.38 bits per heavy atom. The zero-order valence-corrected chi connectivity index (χ0v) is 14.9. The van der Waals surface area contributed by atoms with Crippen molar-refractivity contribution in [2.75, 3.05) is 25.2 Å². The second-order valence-electron chi connectivity index (χ2n) is 6.06. The Morgan fingerprint density at radius 1 is 1.04 bits per heavy atom. The number of ether oxygens (including phenoxy) is 2. The molecule has 4 nitrogen and oxygen atoms in total. The highest BCUT2D eigenvalue weighted by molar-refractivity contribution is 5.82. The molecule has 1 heterocycles. The zero-order valence-electron chi connectivity index (χ0n) is 14.9. The molecular formula is C21H22FNO3. The number of anilines is 1. The molecule has 1 unspecified atom stereocenters. The SMILES string of the molecule is COCCOc1ccc(N2C=C(c3ccc(F)cc3)C(C)=CC2O)cc1. The van der Waals surface area contributed by atoms with Gasteiger partial charge in [0.2, 0.25) is 0 Å². The molecule has 0 radical (unpaired) electrons. The molecular weight excluding hydrogens is 333 g/mol. The van der Waals surface area contributed by atoms with E-state index in [1.54, 1.807) is 30.2 Å². The summed E-state index contributed by atoms with van der Waals surface area (Å²) in [6, 6.07) is 13.8. The smallest absolute Gasteiger partial charge is 0.150 e. The molecule has 5 heteroatoms. The largest absolute Gasteiger partial charge is 0.491 e. The minimum Gasteiger partial charge on any atom is -0.491 e. The van der Waals surface area contributed by atoms with E-state index in [2.05, 4.69) is 0 Å². The van der Waals surface area contributed by atoms with E-state index in [0.717, 1.165) is 28.1 Å². The van der Waals surface area contributed by atoms with Crippen molar-refractivity contribution in [2.24, 2.45) is 0 Å². The lowest BCUT2D eigenvalue weighted by Crippen LogP contribution is -2.31. The normalized spacial score (nSPS) is 16.9. The van der Waals surface area contributed by atoms with Crippen LogP contribution in [0.25, 0.3) is 5.57 Å². The Hall–Kier alpha value is -2.63. The number of rotatable bonds is 6. The maximum Gasteiger partial charge on any atom is 0.150 e. The molecule has 1 aliphatic rings. The maximum atomic E-state index is 13.2. The van der Waals surface area contributed by atoms with Crippen molar-refractivity contribution < 1.29 is 19.0 Å². The number of hydrogen-bond acceptors (Lipinski definition) is 4. The summed E-state index contributed by atoms with van der Waals surface area (Å²) in [7, 11) is 1.63. The van der Waals surface area contributed by atoms with Crippen molar-refractivity contribution in [2.45, 2.75) is 13.2 Å². The second kappa shape index (κ2) is 8.17. The lowest BCUT2D eigenvalue weighted by Gasteiger charge is -2.30. The molecule has 2 aromatic carbocycles. The van der Waals surface area contributed by atoms with Crippen molar-refractivity contribution in [3.05, 3.63) is 77.8 Å². The summed E-state index contributed by atoms with van der Waals surface area (Å²) in [5.74, 6) is 0.472. The number of hydrogen-bond donors (Lipinski definition) is 1. The van der Waals surface area contributed by atoms with Gasteiger partial charge in [0, 0.05) is 24.6 Å². The number of methoxy groups -OCH3 is 1. The molecule has 0 saturated heterocycles. The molecule has 0 spiro atoms. The number of halogens is 1. The van der Waals surface area contributed by atoms with Gasteiger partial charge in [-0.25, -0.2) is 4.39 Å². The molecule has 0 fully saturated rings. The first-order valence-electron chi connectivity index (χ1n) is 8.43. The summed E-state index contributed by atoms with van der Waals surface area (Å²) < 4.78 is 23.7. The Morgan fingerprint density at radius 2 is 1.73 bits per heavy atom. The van der Waals surface area contributed by atoms with Crippen LogP contribution in [0.2, 0.25) is 0 Å². The fourth-order valence-electron chi connectivity index (χ4n) is 2.83. The monoisotopic (exact) mass is 355 g/mol. The summed E-state index contributed by atoms with van der Waals surface area (Å²) in [5.41, 5.74) is 3.62. The van der Waals surface area contributed by atoms with Crippen LogP contribution in [-0.2, 0) is 4.74 Å². The van der Waals surface area contributed by atoms with Gasteiger partial charge in [0.1, 0.15) is 18.2 Å². The third kappa shape index (κ3) is 4.12. The lowest BCUT2D eigenvalue weighted by molar-refractivity contribution is 0.146. The van der Waals surface area contributed by atoms with Crippen molar-refractivity contribution in [1.29, 1.82) is 0 Å². The summed E-state index contributed by atoms with van der Waals surface area (Å²) in [6.07, 6.45) is 2.90. The van der Waals surface area contributed by atoms with Gasteiger partial charge < -0.3 is 19.5 Å². The number of allylic oxidation sites excluding steroid dienone is 2. The molecule has 1 aliphatic heterocycles. The van der Waals surface area contributed by atoms with Crippen molar-refractivity contribution in [3.8, 4) is 5.75 Å². The van der Waals surface area contributed by atoms with Crippen LogP contribution in [0.5, 0.6) is 5.75 Å². The van der Waals surface area contributed by atoms with Gasteiger partial charge in [-0.2, -0.15) is 0 Å². The summed E-state index contributed by atoms with van der Waals surface area (Å²) in [4.78, 5) is 1.77. The van der Waals surface area contributed by atoms with Gasteiger partial charge in [0.15, 0.2) is 6.23 Å². The third-order valence-electron chi connectivity index (χ3n) is 4.22. The highest BCUT2D eigenvalue weighted by atomic mass is 19.1. The van der Waals surface area contributed by atoms with E-state index >= 15 is 0 Å². The predicted molar refractivity (Wildman–Crippen MR) is 100 cm³/mol. The average Bonchev–Trinajstić information content (AvgIpc) is 2.64. The van der Waals surface area contributed by atoms with Gasteiger partial charge >= 0.3 is 0 Å². The second-order valence-corrected chi connectivity index (χ2v) is 6.06. The summed E-state index contributed by atoms with van der Waals surface area (Å²) in [5, 5.41) is 10.4. The first-order chi connectivity index (χ1) is 12.6. The van der Waals surface area contributed by atoms with Crippen LogP contribution >= 0.6 is 0 Å². The molecule has 26 heavy (non-hydrogen) atoms. The Bertz CT molecular complexity index is 797. The zero-order chi connectivity index (χ0) is 18.5. The molecule has 136 valence electrons. The molecule has 2 aromatic rings. The Balaban J connectivity index is 1.83. The van der Waals surface area contributed by atoms with Gasteiger partial charge in [0.05, 0.1) is 6.61 Å². The molecule has 3 rings (SSSR count). The van der Waals surface area contributed by atoms with Crippen LogP contribution in [0.1, 0.15) is 12.5 Å². The van der Waals surface area contributed by atoms with E-state index < -0.39 is 6.23 Å². The van der Waals surface area contributed by atoms with Crippen LogP contribution in [-0.4, -0.2) is 31.7 Å². The Kier molecular flexibility index (Phi) is 5.71. The molecule has 0 bridgehead atoms. The van der Waals surface area contributed by atoms with Crippen LogP contribution in [0, 0.1) is 5.82 Å². The van der Waals surface area contributed by atoms with E-state index in [0.29, 0.717) is 13.2 Å². The van der Waals surface area contributed by atoms with E-state index in [9.17, 15) is 9.50 Å². The van der Waals surface area contributed by atoms with Gasteiger partial charge in [-0.1, -0.05) is 12.1 Å². The van der Waals surface area contributed by atoms with E-state index in [4.69, 9.17) is 9.47 Å². The number of benzene rings is 2. The van der Waals surface area contributed by atoms with Gasteiger partial charge in [-0.3, -0.25) is 0 Å². The Labute approximate surface area is 152 Å². The highest BCUT2D eigenvalue weighted by Gasteiger charge is 2.20. The fourth-order valence-corrected chi connectivity index (χ4v) is 2.83. The minimum absolute atomic E-state index is 0.271. The van der Waals surface area contributed by atoms with E-state index in [1.165, 1.54) is 12.1 Å². The highest BCUT2D eigenvalue weighted by Crippen LogP contribution is 2.32. The van der Waals surface area contributed by atoms with E-state index in [1.807, 2.05) is 37.4 Å². The summed E-state index contributed by atoms with van der Waals surface area (Å²) in [6.45, 7) is 2.95. The standard InChI is InChI=1S/C21H22FNO3/c1-15-13-21(24)23(14-20(15)16-3-5-17(22)6-4-16)18-7-9-19(10-8-18)26-12-11-25-2/h3-10,13-14,21,24H,11-12H2,1-2H3. The molecule has 0 aliphatic carbocycles. The number of aliphatic hydroxyl groups excluding tert-OH is 1. The maximum absolute atomic E-state index is 13.2. The molecule has 0 aromatic heterocycles. The van der Waals surface area contributed by atoms with Crippen molar-refractivity contribution >= 4 is 11.3 Å². The minimum atomic E-state index is -0.764. The summed E-state index contributed by atoms with van der Waals surface area (Å²) >= 11 is 0. The fraction of sp³-hybridized carbons (Fsp3) is 0.238. The van der Waals surface area contributed by atoms with Gasteiger partial charge in [-0.15, -0.1) is 0 Å². The van der Waals surface area contributed by atoms with Gasteiger partial charge in [-0.05, 0) is 60.5 Å². The van der Waals surface area contributed by atoms with Crippen LogP contribution in [0.4, 0.5) is 10.1 Å². The van der Waals surface area contributed by atoms with Crippen LogP contribution in [0.3, 0.4) is 0 Å². The van der Waals surface area contributed by atoms with E-state index in [-0.39, 0.29) is 5.82 Å². The quantitative estimate of drug-likeness (QED) is 0.796. The molecule has 1 N–H and O–H groups in total. The van der Waals surface area contributed by atoms with Crippen LogP contribution in [0.15, 0.2) is 66.4 Å². The first kappa shape index (κ1) is 18.2. The molecule has 0 amide bonds. The lowest BCUT2D eigenvalue weighted by atomic mass is 9.96. The topological polar surface area (TPSA) is 41.9 Å². The van der Waals surface area contributed by atoms with Gasteiger partial charge in [0.25, 0.3) is 0 Å². The average molecular weight is 355 g/mol. The van der Waals surface area contributed by atoms with Crippen LogP contribution < -0.4 is 9.64 Å². The number of nitrogens with zero attached hydrogens (tertiary/aromatic N) is 1. The first-order valence-corrected chi connectivity index (χ1v) is 8.43. The van der Waals surface area contributed by atoms with Crippen molar-refractivity contribution in [3.63, 3.8) is 0 Å². The number of aliphatic hydroxyl groups is 1. The van der Waals surface area contributed by atoms with Crippen molar-refractivity contribution in [1.82, 2.24) is 0 Å². The third-order valence-corrected chi connectivity index (χ3v) is 4.22. The predicted octanol–water partition coefficient (Wildman–Crippen LogP) is 3.98.